The van der Waals surface area contributed by atoms with Crippen LogP contribution in [-0.4, -0.2) is 34.2 Å². The fraction of sp³-hybridized carbons (Fsp3) is 0.615. The SMILES string of the molecule is CC(C)c1ccc(C(C)N2CC(O)C2)nc1. The van der Waals surface area contributed by atoms with Crippen LogP contribution in [0.5, 0.6) is 0 Å². The maximum Gasteiger partial charge on any atom is 0.0794 e. The summed E-state index contributed by atoms with van der Waals surface area (Å²) in [6, 6.07) is 4.56. The van der Waals surface area contributed by atoms with Gasteiger partial charge in [0.25, 0.3) is 0 Å². The number of likely N-dealkylation sites (tertiary alicyclic amines) is 1. The topological polar surface area (TPSA) is 36.4 Å². The molecule has 0 aliphatic carbocycles. The lowest BCUT2D eigenvalue weighted by atomic mass is 10.0. The van der Waals surface area contributed by atoms with Gasteiger partial charge in [0.2, 0.25) is 0 Å². The highest BCUT2D eigenvalue weighted by Crippen LogP contribution is 2.24. The summed E-state index contributed by atoms with van der Waals surface area (Å²) in [4.78, 5) is 6.74. The molecule has 0 spiro atoms. The lowest BCUT2D eigenvalue weighted by Gasteiger charge is -2.40. The fourth-order valence-corrected chi connectivity index (χ4v) is 2.00. The van der Waals surface area contributed by atoms with Crippen LogP contribution in [0.1, 0.15) is 44.0 Å². The minimum atomic E-state index is -0.141. The number of pyridine rings is 1. The molecule has 0 saturated carbocycles. The molecule has 1 saturated heterocycles. The molecule has 3 nitrogen and oxygen atoms in total. The van der Waals surface area contributed by atoms with Crippen LogP contribution in [0, 0.1) is 0 Å². The molecule has 1 aromatic heterocycles. The zero-order chi connectivity index (χ0) is 11.7. The van der Waals surface area contributed by atoms with Gasteiger partial charge in [0, 0.05) is 25.3 Å². The molecule has 88 valence electrons. The second-order valence-electron chi connectivity index (χ2n) is 4.95. The number of aliphatic hydroxyl groups excluding tert-OH is 1. The van der Waals surface area contributed by atoms with Crippen LogP contribution in [-0.2, 0) is 0 Å². The molecule has 1 unspecified atom stereocenters. The molecule has 0 radical (unpaired) electrons. The summed E-state index contributed by atoms with van der Waals surface area (Å²) >= 11 is 0. The quantitative estimate of drug-likeness (QED) is 0.845. The first-order valence-electron chi connectivity index (χ1n) is 5.96. The van der Waals surface area contributed by atoms with Gasteiger partial charge in [-0.1, -0.05) is 19.9 Å². The monoisotopic (exact) mass is 220 g/mol. The van der Waals surface area contributed by atoms with Crippen molar-refractivity contribution < 1.29 is 5.11 Å². The van der Waals surface area contributed by atoms with E-state index >= 15 is 0 Å². The van der Waals surface area contributed by atoms with Gasteiger partial charge in [-0.2, -0.15) is 0 Å². The van der Waals surface area contributed by atoms with E-state index in [1.165, 1.54) is 5.56 Å². The van der Waals surface area contributed by atoms with E-state index in [0.717, 1.165) is 18.8 Å². The third kappa shape index (κ3) is 2.25. The molecule has 1 aliphatic heterocycles. The average Bonchev–Trinajstić information content (AvgIpc) is 2.24. The minimum absolute atomic E-state index is 0.141. The third-order valence-corrected chi connectivity index (χ3v) is 3.34. The molecule has 0 bridgehead atoms. The minimum Gasteiger partial charge on any atom is -0.390 e. The molecule has 1 aliphatic rings. The van der Waals surface area contributed by atoms with Crippen molar-refractivity contribution >= 4 is 0 Å². The molecule has 0 aromatic carbocycles. The van der Waals surface area contributed by atoms with Crippen LogP contribution >= 0.6 is 0 Å². The summed E-state index contributed by atoms with van der Waals surface area (Å²) in [5.41, 5.74) is 2.37. The highest BCUT2D eigenvalue weighted by Gasteiger charge is 2.29. The first kappa shape index (κ1) is 11.6. The van der Waals surface area contributed by atoms with Crippen molar-refractivity contribution in [1.82, 2.24) is 9.88 Å². The molecule has 16 heavy (non-hydrogen) atoms. The van der Waals surface area contributed by atoms with Crippen LogP contribution in [0.2, 0.25) is 0 Å². The number of rotatable bonds is 3. The third-order valence-electron chi connectivity index (χ3n) is 3.34. The number of hydrogen-bond donors (Lipinski definition) is 1. The lowest BCUT2D eigenvalue weighted by Crippen LogP contribution is -2.51. The molecule has 2 heterocycles. The van der Waals surface area contributed by atoms with Crippen molar-refractivity contribution in [2.75, 3.05) is 13.1 Å². The molecule has 1 N–H and O–H groups in total. The van der Waals surface area contributed by atoms with E-state index in [9.17, 15) is 5.11 Å². The van der Waals surface area contributed by atoms with Gasteiger partial charge < -0.3 is 5.11 Å². The van der Waals surface area contributed by atoms with E-state index in [0.29, 0.717) is 12.0 Å². The smallest absolute Gasteiger partial charge is 0.0794 e. The van der Waals surface area contributed by atoms with E-state index in [1.807, 2.05) is 6.20 Å². The molecule has 1 atom stereocenters. The van der Waals surface area contributed by atoms with Gasteiger partial charge in [-0.3, -0.25) is 9.88 Å². The number of nitrogens with zero attached hydrogens (tertiary/aromatic N) is 2. The van der Waals surface area contributed by atoms with Crippen LogP contribution in [0.25, 0.3) is 0 Å². The fourth-order valence-electron chi connectivity index (χ4n) is 2.00. The van der Waals surface area contributed by atoms with E-state index in [-0.39, 0.29) is 6.10 Å². The normalized spacial score (nSPS) is 19.8. The van der Waals surface area contributed by atoms with E-state index in [1.54, 1.807) is 0 Å². The van der Waals surface area contributed by atoms with Gasteiger partial charge >= 0.3 is 0 Å². The molecular formula is C13H20N2O. The standard InChI is InChI=1S/C13H20N2O/c1-9(2)11-4-5-13(14-6-11)10(3)15-7-12(16)8-15/h4-6,9-10,12,16H,7-8H2,1-3H3. The highest BCUT2D eigenvalue weighted by molar-refractivity contribution is 5.19. The van der Waals surface area contributed by atoms with Crippen molar-refractivity contribution in [2.45, 2.75) is 38.8 Å². The summed E-state index contributed by atoms with van der Waals surface area (Å²) < 4.78 is 0. The highest BCUT2D eigenvalue weighted by atomic mass is 16.3. The predicted molar refractivity (Wildman–Crippen MR) is 64.3 cm³/mol. The predicted octanol–water partition coefficient (Wildman–Crippen LogP) is 1.94. The number of aliphatic hydroxyl groups is 1. The first-order valence-corrected chi connectivity index (χ1v) is 5.96. The van der Waals surface area contributed by atoms with Gasteiger partial charge in [0.15, 0.2) is 0 Å². The van der Waals surface area contributed by atoms with Gasteiger partial charge in [-0.15, -0.1) is 0 Å². The summed E-state index contributed by atoms with van der Waals surface area (Å²) in [7, 11) is 0. The maximum absolute atomic E-state index is 9.27. The van der Waals surface area contributed by atoms with Crippen LogP contribution in [0.3, 0.4) is 0 Å². The maximum atomic E-state index is 9.27. The van der Waals surface area contributed by atoms with Crippen LogP contribution < -0.4 is 0 Å². The second-order valence-corrected chi connectivity index (χ2v) is 4.95. The Hall–Kier alpha value is -0.930. The molecule has 2 rings (SSSR count). The summed E-state index contributed by atoms with van der Waals surface area (Å²) in [5, 5.41) is 9.27. The summed E-state index contributed by atoms with van der Waals surface area (Å²) in [5.74, 6) is 0.530. The number of aromatic nitrogens is 1. The molecular weight excluding hydrogens is 200 g/mol. The van der Waals surface area contributed by atoms with Crippen LogP contribution in [0.4, 0.5) is 0 Å². The van der Waals surface area contributed by atoms with Gasteiger partial charge in [-0.05, 0) is 24.5 Å². The molecule has 0 amide bonds. The Balaban J connectivity index is 2.04. The molecule has 1 fully saturated rings. The largest absolute Gasteiger partial charge is 0.390 e. The lowest BCUT2D eigenvalue weighted by molar-refractivity contribution is -0.0220. The van der Waals surface area contributed by atoms with Crippen molar-refractivity contribution in [1.29, 1.82) is 0 Å². The number of hydrogen-bond acceptors (Lipinski definition) is 3. The van der Waals surface area contributed by atoms with E-state index in [2.05, 4.69) is 42.8 Å². The zero-order valence-corrected chi connectivity index (χ0v) is 10.2. The Bertz CT molecular complexity index is 341. The van der Waals surface area contributed by atoms with Crippen molar-refractivity contribution in [3.8, 4) is 0 Å². The van der Waals surface area contributed by atoms with Crippen molar-refractivity contribution in [3.05, 3.63) is 29.6 Å². The van der Waals surface area contributed by atoms with E-state index in [4.69, 9.17) is 0 Å². The number of β-amino-alcohol motifs (C(OH)–C–C–N with tert-alkyl or cyclic N) is 1. The van der Waals surface area contributed by atoms with Crippen LogP contribution in [0.15, 0.2) is 18.3 Å². The first-order chi connectivity index (χ1) is 7.58. The summed E-state index contributed by atoms with van der Waals surface area (Å²) in [6.45, 7) is 8.03. The van der Waals surface area contributed by atoms with E-state index < -0.39 is 0 Å². The van der Waals surface area contributed by atoms with Gasteiger partial charge in [-0.25, -0.2) is 0 Å². The Morgan fingerprint density at radius 2 is 2.00 bits per heavy atom. The van der Waals surface area contributed by atoms with Gasteiger partial charge in [0.1, 0.15) is 0 Å². The van der Waals surface area contributed by atoms with Crippen molar-refractivity contribution in [3.63, 3.8) is 0 Å². The molecule has 3 heteroatoms. The Labute approximate surface area is 97.1 Å². The zero-order valence-electron chi connectivity index (χ0n) is 10.2. The Morgan fingerprint density at radius 3 is 2.44 bits per heavy atom. The Kier molecular flexibility index (Phi) is 3.26. The van der Waals surface area contributed by atoms with Gasteiger partial charge in [0.05, 0.1) is 11.8 Å². The average molecular weight is 220 g/mol. The molecule has 1 aromatic rings. The second kappa shape index (κ2) is 4.52. The van der Waals surface area contributed by atoms with Crippen molar-refractivity contribution in [2.24, 2.45) is 0 Å². The summed E-state index contributed by atoms with van der Waals surface area (Å²) in [6.07, 6.45) is 1.82. The Morgan fingerprint density at radius 1 is 1.31 bits per heavy atom.